The molecule has 0 amide bonds. The largest absolute Gasteiger partial charge is 0.469 e. The Balaban J connectivity index is 2.26. The summed E-state index contributed by atoms with van der Waals surface area (Å²) >= 11 is 0. The Labute approximate surface area is 140 Å². The second-order valence-corrected chi connectivity index (χ2v) is 6.76. The molecule has 3 nitrogen and oxygen atoms in total. The van der Waals surface area contributed by atoms with Crippen molar-refractivity contribution in [2.75, 3.05) is 7.11 Å². The lowest BCUT2D eigenvalue weighted by Crippen LogP contribution is -2.53. The molecule has 1 fully saturated rings. The van der Waals surface area contributed by atoms with E-state index < -0.39 is 0 Å². The molecule has 1 heterocycles. The van der Waals surface area contributed by atoms with Crippen molar-refractivity contribution >= 4 is 5.97 Å². The van der Waals surface area contributed by atoms with Crippen molar-refractivity contribution in [2.45, 2.75) is 51.7 Å². The Morgan fingerprint density at radius 2 is 2.04 bits per heavy atom. The summed E-state index contributed by atoms with van der Waals surface area (Å²) in [5.74, 6) is 0.951. The Morgan fingerprint density at radius 1 is 1.35 bits per heavy atom. The fraction of sp³-hybridized carbons (Fsp3) is 0.550. The monoisotopic (exact) mass is 315 g/mol. The molecule has 1 aliphatic heterocycles. The second kappa shape index (κ2) is 8.30. The highest BCUT2D eigenvalue weighted by molar-refractivity contribution is 5.70. The predicted octanol–water partition coefficient (Wildman–Crippen LogP) is 4.04. The predicted molar refractivity (Wildman–Crippen MR) is 94.0 cm³/mol. The molecule has 23 heavy (non-hydrogen) atoms. The standard InChI is InChI=1S/C20H29NO2/c1-5-9-18-12-15(2)16(3)19(13-20(22)23-4)21(18)14-17-10-7-6-8-11-17/h5-8,10-11,15-16,18-19H,1,9,12-14H2,2-4H3/t15-,16-,18?,19-/m1/s1. The highest BCUT2D eigenvalue weighted by Gasteiger charge is 2.39. The maximum atomic E-state index is 11.9. The molecule has 0 saturated carbocycles. The van der Waals surface area contributed by atoms with E-state index >= 15 is 0 Å². The van der Waals surface area contributed by atoms with E-state index in [9.17, 15) is 4.79 Å². The van der Waals surface area contributed by atoms with Crippen LogP contribution in [-0.4, -0.2) is 30.1 Å². The van der Waals surface area contributed by atoms with E-state index in [1.165, 1.54) is 12.7 Å². The summed E-state index contributed by atoms with van der Waals surface area (Å²) in [4.78, 5) is 14.4. The number of hydrogen-bond donors (Lipinski definition) is 0. The van der Waals surface area contributed by atoms with Crippen LogP contribution in [0.2, 0.25) is 0 Å². The number of carbonyl (C=O) groups excluding carboxylic acids is 1. The van der Waals surface area contributed by atoms with Crippen LogP contribution in [0.25, 0.3) is 0 Å². The molecule has 126 valence electrons. The van der Waals surface area contributed by atoms with Crippen LogP contribution < -0.4 is 0 Å². The third kappa shape index (κ3) is 4.44. The summed E-state index contributed by atoms with van der Waals surface area (Å²) in [7, 11) is 1.47. The summed E-state index contributed by atoms with van der Waals surface area (Å²) in [5.41, 5.74) is 1.29. The second-order valence-electron chi connectivity index (χ2n) is 6.76. The number of carbonyl (C=O) groups is 1. The maximum Gasteiger partial charge on any atom is 0.307 e. The molecule has 1 saturated heterocycles. The average Bonchev–Trinajstić information content (AvgIpc) is 2.56. The van der Waals surface area contributed by atoms with Crippen LogP contribution in [0.4, 0.5) is 0 Å². The van der Waals surface area contributed by atoms with Crippen LogP contribution in [-0.2, 0) is 16.1 Å². The smallest absolute Gasteiger partial charge is 0.307 e. The summed E-state index contributed by atoms with van der Waals surface area (Å²) < 4.78 is 4.94. The van der Waals surface area contributed by atoms with Gasteiger partial charge in [-0.2, -0.15) is 0 Å². The van der Waals surface area contributed by atoms with Gasteiger partial charge in [-0.05, 0) is 30.2 Å². The minimum atomic E-state index is -0.119. The normalized spacial score (nSPS) is 28.3. The summed E-state index contributed by atoms with van der Waals surface area (Å²) in [6.45, 7) is 9.36. The lowest BCUT2D eigenvalue weighted by atomic mass is 9.76. The lowest BCUT2D eigenvalue weighted by Gasteiger charge is -2.48. The quantitative estimate of drug-likeness (QED) is 0.586. The van der Waals surface area contributed by atoms with E-state index in [1.807, 2.05) is 12.1 Å². The molecule has 3 heteroatoms. The van der Waals surface area contributed by atoms with Gasteiger partial charge in [0.1, 0.15) is 0 Å². The van der Waals surface area contributed by atoms with E-state index in [1.54, 1.807) is 0 Å². The molecule has 1 unspecified atom stereocenters. The Hall–Kier alpha value is -1.61. The van der Waals surface area contributed by atoms with Gasteiger partial charge in [0.2, 0.25) is 0 Å². The van der Waals surface area contributed by atoms with Crippen molar-refractivity contribution in [1.29, 1.82) is 0 Å². The molecule has 0 radical (unpaired) electrons. The molecule has 0 spiro atoms. The lowest BCUT2D eigenvalue weighted by molar-refractivity contribution is -0.144. The molecule has 4 atom stereocenters. The number of esters is 1. The Morgan fingerprint density at radius 3 is 2.65 bits per heavy atom. The van der Waals surface area contributed by atoms with Crippen LogP contribution in [0.5, 0.6) is 0 Å². The van der Waals surface area contributed by atoms with E-state index in [0.717, 1.165) is 19.4 Å². The average molecular weight is 315 g/mol. The Kier molecular flexibility index (Phi) is 6.40. The fourth-order valence-corrected chi connectivity index (χ4v) is 3.75. The van der Waals surface area contributed by atoms with Gasteiger partial charge in [-0.1, -0.05) is 50.3 Å². The highest BCUT2D eigenvalue weighted by Crippen LogP contribution is 2.36. The molecule has 0 N–H and O–H groups in total. The zero-order valence-corrected chi connectivity index (χ0v) is 14.6. The van der Waals surface area contributed by atoms with E-state index in [2.05, 4.69) is 49.6 Å². The van der Waals surface area contributed by atoms with Gasteiger partial charge >= 0.3 is 5.97 Å². The molecule has 0 bridgehead atoms. The first kappa shape index (κ1) is 17.7. The van der Waals surface area contributed by atoms with Crippen LogP contribution in [0, 0.1) is 11.8 Å². The number of methoxy groups -OCH3 is 1. The number of benzene rings is 1. The first-order valence-electron chi connectivity index (χ1n) is 8.54. The topological polar surface area (TPSA) is 29.5 Å². The minimum Gasteiger partial charge on any atom is -0.469 e. The van der Waals surface area contributed by atoms with Gasteiger partial charge < -0.3 is 4.74 Å². The summed E-state index contributed by atoms with van der Waals surface area (Å²) in [5, 5.41) is 0. The number of likely N-dealkylation sites (tertiary alicyclic amines) is 1. The van der Waals surface area contributed by atoms with Gasteiger partial charge in [-0.25, -0.2) is 0 Å². The van der Waals surface area contributed by atoms with Crippen molar-refractivity contribution in [1.82, 2.24) is 4.90 Å². The number of ether oxygens (including phenoxy) is 1. The van der Waals surface area contributed by atoms with E-state index in [0.29, 0.717) is 24.3 Å². The molecule has 0 aromatic heterocycles. The van der Waals surface area contributed by atoms with Crippen LogP contribution in [0.1, 0.15) is 38.7 Å². The van der Waals surface area contributed by atoms with Crippen molar-refractivity contribution in [3.8, 4) is 0 Å². The van der Waals surface area contributed by atoms with E-state index in [4.69, 9.17) is 4.74 Å². The summed E-state index contributed by atoms with van der Waals surface area (Å²) in [6.07, 6.45) is 4.57. The van der Waals surface area contributed by atoms with Gasteiger partial charge in [0, 0.05) is 18.6 Å². The fourth-order valence-electron chi connectivity index (χ4n) is 3.75. The zero-order valence-electron chi connectivity index (χ0n) is 14.6. The third-order valence-corrected chi connectivity index (χ3v) is 5.29. The molecule has 1 aliphatic rings. The number of rotatable bonds is 6. The van der Waals surface area contributed by atoms with Gasteiger partial charge in [0.25, 0.3) is 0 Å². The number of nitrogens with zero attached hydrogens (tertiary/aromatic N) is 1. The zero-order chi connectivity index (χ0) is 16.8. The van der Waals surface area contributed by atoms with Crippen molar-refractivity contribution in [2.24, 2.45) is 11.8 Å². The molecule has 1 aromatic carbocycles. The molecular weight excluding hydrogens is 286 g/mol. The molecular formula is C20H29NO2. The van der Waals surface area contributed by atoms with Gasteiger partial charge in [-0.3, -0.25) is 9.69 Å². The van der Waals surface area contributed by atoms with Crippen molar-refractivity contribution in [3.63, 3.8) is 0 Å². The Bertz CT molecular complexity index is 514. The number of piperidine rings is 1. The van der Waals surface area contributed by atoms with Crippen LogP contribution in [0.15, 0.2) is 43.0 Å². The minimum absolute atomic E-state index is 0.119. The SMILES string of the molecule is C=CCC1C[C@@H](C)[C@@H](C)[C@@H](CC(=O)OC)N1Cc1ccccc1. The van der Waals surface area contributed by atoms with Crippen LogP contribution in [0.3, 0.4) is 0 Å². The summed E-state index contributed by atoms with van der Waals surface area (Å²) in [6, 6.07) is 11.2. The highest BCUT2D eigenvalue weighted by atomic mass is 16.5. The first-order chi connectivity index (χ1) is 11.1. The molecule has 2 rings (SSSR count). The maximum absolute atomic E-state index is 11.9. The van der Waals surface area contributed by atoms with Crippen LogP contribution >= 0.6 is 0 Å². The van der Waals surface area contributed by atoms with E-state index in [-0.39, 0.29) is 12.0 Å². The third-order valence-electron chi connectivity index (χ3n) is 5.29. The van der Waals surface area contributed by atoms with Crippen molar-refractivity contribution in [3.05, 3.63) is 48.6 Å². The molecule has 0 aliphatic carbocycles. The van der Waals surface area contributed by atoms with Gasteiger partial charge in [0.05, 0.1) is 13.5 Å². The van der Waals surface area contributed by atoms with Crippen molar-refractivity contribution < 1.29 is 9.53 Å². The number of hydrogen-bond acceptors (Lipinski definition) is 3. The van der Waals surface area contributed by atoms with Gasteiger partial charge in [0.15, 0.2) is 0 Å². The first-order valence-corrected chi connectivity index (χ1v) is 8.54. The van der Waals surface area contributed by atoms with Gasteiger partial charge in [-0.15, -0.1) is 6.58 Å². The molecule has 1 aromatic rings.